The second-order valence-corrected chi connectivity index (χ2v) is 3.70. The van der Waals surface area contributed by atoms with Crippen molar-refractivity contribution in [3.05, 3.63) is 36.4 Å². The van der Waals surface area contributed by atoms with Crippen LogP contribution >= 0.6 is 0 Å². The molecule has 17 heavy (non-hydrogen) atoms. The minimum Gasteiger partial charge on any atom is -0.493 e. The van der Waals surface area contributed by atoms with E-state index in [0.717, 1.165) is 18.4 Å². The Balaban J connectivity index is 2.89. The smallest absolute Gasteiger partial charge is 0.311 e. The van der Waals surface area contributed by atoms with Crippen LogP contribution in [0.1, 0.15) is 25.3 Å². The largest absolute Gasteiger partial charge is 0.493 e. The first-order valence-corrected chi connectivity index (χ1v) is 5.69. The number of methoxy groups -OCH3 is 1. The van der Waals surface area contributed by atoms with E-state index in [1.165, 1.54) is 0 Å². The van der Waals surface area contributed by atoms with Crippen LogP contribution < -0.4 is 9.47 Å². The van der Waals surface area contributed by atoms with Gasteiger partial charge >= 0.3 is 5.97 Å². The van der Waals surface area contributed by atoms with Gasteiger partial charge in [-0.3, -0.25) is 4.79 Å². The summed E-state index contributed by atoms with van der Waals surface area (Å²) < 4.78 is 10.4. The van der Waals surface area contributed by atoms with E-state index in [9.17, 15) is 4.79 Å². The molecule has 0 radical (unpaired) electrons. The van der Waals surface area contributed by atoms with Gasteiger partial charge in [0.1, 0.15) is 0 Å². The Hall–Kier alpha value is -1.77. The van der Waals surface area contributed by atoms with Crippen molar-refractivity contribution < 1.29 is 14.3 Å². The molecule has 0 N–H and O–H groups in total. The molecule has 0 fully saturated rings. The van der Waals surface area contributed by atoms with Gasteiger partial charge in [-0.1, -0.05) is 19.1 Å². The summed E-state index contributed by atoms with van der Waals surface area (Å²) >= 11 is 0. The van der Waals surface area contributed by atoms with Crippen molar-refractivity contribution in [3.63, 3.8) is 0 Å². The van der Waals surface area contributed by atoms with E-state index in [1.807, 2.05) is 19.1 Å². The second-order valence-electron chi connectivity index (χ2n) is 3.70. The summed E-state index contributed by atoms with van der Waals surface area (Å²) in [4.78, 5) is 11.5. The van der Waals surface area contributed by atoms with Gasteiger partial charge in [0, 0.05) is 6.42 Å². The van der Waals surface area contributed by atoms with Crippen LogP contribution in [0.2, 0.25) is 0 Å². The molecule has 3 nitrogen and oxygen atoms in total. The third-order valence-corrected chi connectivity index (χ3v) is 2.29. The number of hydrogen-bond donors (Lipinski definition) is 0. The molecule has 0 aliphatic rings. The minimum atomic E-state index is -0.235. The van der Waals surface area contributed by atoms with Gasteiger partial charge < -0.3 is 9.47 Å². The maximum absolute atomic E-state index is 11.5. The molecule has 1 aromatic rings. The molecule has 92 valence electrons. The second kappa shape index (κ2) is 6.74. The quantitative estimate of drug-likeness (QED) is 0.431. The van der Waals surface area contributed by atoms with E-state index >= 15 is 0 Å². The molecule has 1 aromatic carbocycles. The van der Waals surface area contributed by atoms with E-state index < -0.39 is 0 Å². The van der Waals surface area contributed by atoms with Gasteiger partial charge in [0.15, 0.2) is 11.5 Å². The first kappa shape index (κ1) is 13.3. The Morgan fingerprint density at radius 3 is 2.76 bits per heavy atom. The van der Waals surface area contributed by atoms with E-state index in [2.05, 4.69) is 6.58 Å². The normalized spacial score (nSPS) is 9.76. The predicted octanol–water partition coefficient (Wildman–Crippen LogP) is 3.13. The van der Waals surface area contributed by atoms with Gasteiger partial charge in [-0.2, -0.15) is 0 Å². The topological polar surface area (TPSA) is 35.5 Å². The summed E-state index contributed by atoms with van der Waals surface area (Å²) in [5, 5.41) is 0. The average Bonchev–Trinajstić information content (AvgIpc) is 2.30. The third kappa shape index (κ3) is 3.94. The minimum absolute atomic E-state index is 0.235. The number of benzene rings is 1. The first-order valence-electron chi connectivity index (χ1n) is 5.69. The average molecular weight is 234 g/mol. The fraction of sp³-hybridized carbons (Fsp3) is 0.357. The molecule has 3 heteroatoms. The highest BCUT2D eigenvalue weighted by Crippen LogP contribution is 2.28. The Bertz CT molecular complexity index is 396. The standard InChI is InChI=1S/C14H18O3/c1-4-6-11-8-9-12(16-3)13(10-11)17-14(15)7-5-2/h4,8-10H,1,5-7H2,2-3H3. The summed E-state index contributed by atoms with van der Waals surface area (Å²) in [6, 6.07) is 5.54. The van der Waals surface area contributed by atoms with Gasteiger partial charge in [0.25, 0.3) is 0 Å². The molecule has 0 aliphatic carbocycles. The lowest BCUT2D eigenvalue weighted by atomic mass is 10.1. The van der Waals surface area contributed by atoms with Crippen LogP contribution in [0.3, 0.4) is 0 Å². The highest BCUT2D eigenvalue weighted by Gasteiger charge is 2.09. The molecule has 0 unspecified atom stereocenters. The van der Waals surface area contributed by atoms with Gasteiger partial charge in [-0.15, -0.1) is 6.58 Å². The SMILES string of the molecule is C=CCc1ccc(OC)c(OC(=O)CCC)c1. The molecule has 0 aromatic heterocycles. The molecule has 0 heterocycles. The van der Waals surface area contributed by atoms with Crippen LogP contribution in [0.25, 0.3) is 0 Å². The van der Waals surface area contributed by atoms with Crippen molar-refractivity contribution in [2.45, 2.75) is 26.2 Å². The van der Waals surface area contributed by atoms with Crippen molar-refractivity contribution in [2.24, 2.45) is 0 Å². The predicted molar refractivity (Wildman–Crippen MR) is 67.4 cm³/mol. The Labute approximate surface area is 102 Å². The molecule has 0 atom stereocenters. The highest BCUT2D eigenvalue weighted by atomic mass is 16.6. The lowest BCUT2D eigenvalue weighted by molar-refractivity contribution is -0.134. The Morgan fingerprint density at radius 1 is 1.41 bits per heavy atom. The van der Waals surface area contributed by atoms with Crippen LogP contribution in [-0.4, -0.2) is 13.1 Å². The number of esters is 1. The molecule has 0 spiro atoms. The fourth-order valence-electron chi connectivity index (χ4n) is 1.47. The van der Waals surface area contributed by atoms with Gasteiger partial charge in [0.2, 0.25) is 0 Å². The maximum atomic E-state index is 11.5. The number of ether oxygens (including phenoxy) is 2. The summed E-state index contributed by atoms with van der Waals surface area (Å²) in [5.74, 6) is 0.814. The van der Waals surface area contributed by atoms with E-state index in [1.54, 1.807) is 19.3 Å². The van der Waals surface area contributed by atoms with Crippen molar-refractivity contribution in [1.82, 2.24) is 0 Å². The van der Waals surface area contributed by atoms with Gasteiger partial charge in [-0.05, 0) is 30.5 Å². The Kier molecular flexibility index (Phi) is 5.27. The molecule has 0 saturated heterocycles. The summed E-state index contributed by atoms with van der Waals surface area (Å²) in [7, 11) is 1.56. The monoisotopic (exact) mass is 234 g/mol. The van der Waals surface area contributed by atoms with Crippen LogP contribution in [0.4, 0.5) is 0 Å². The van der Waals surface area contributed by atoms with Crippen molar-refractivity contribution >= 4 is 5.97 Å². The fourth-order valence-corrected chi connectivity index (χ4v) is 1.47. The van der Waals surface area contributed by atoms with Gasteiger partial charge in [-0.25, -0.2) is 0 Å². The zero-order valence-corrected chi connectivity index (χ0v) is 10.4. The highest BCUT2D eigenvalue weighted by molar-refractivity contribution is 5.73. The summed E-state index contributed by atoms with van der Waals surface area (Å²) in [6.07, 6.45) is 3.73. The van der Waals surface area contributed by atoms with Crippen molar-refractivity contribution in [3.8, 4) is 11.5 Å². The number of carbonyl (C=O) groups excluding carboxylic acids is 1. The zero-order valence-electron chi connectivity index (χ0n) is 10.4. The van der Waals surface area contributed by atoms with E-state index in [4.69, 9.17) is 9.47 Å². The molecule has 0 amide bonds. The van der Waals surface area contributed by atoms with Crippen molar-refractivity contribution in [2.75, 3.05) is 7.11 Å². The van der Waals surface area contributed by atoms with Gasteiger partial charge in [0.05, 0.1) is 7.11 Å². The number of hydrogen-bond acceptors (Lipinski definition) is 3. The lowest BCUT2D eigenvalue weighted by Crippen LogP contribution is -2.08. The maximum Gasteiger partial charge on any atom is 0.311 e. The number of allylic oxidation sites excluding steroid dienone is 1. The molecule has 0 saturated carbocycles. The van der Waals surface area contributed by atoms with Crippen LogP contribution in [0.15, 0.2) is 30.9 Å². The van der Waals surface area contributed by atoms with E-state index in [-0.39, 0.29) is 5.97 Å². The zero-order chi connectivity index (χ0) is 12.7. The summed E-state index contributed by atoms with van der Waals surface area (Å²) in [5.41, 5.74) is 1.04. The molecular formula is C14H18O3. The third-order valence-electron chi connectivity index (χ3n) is 2.29. The number of rotatable bonds is 6. The first-order chi connectivity index (χ1) is 8.21. The molecule has 0 bridgehead atoms. The van der Waals surface area contributed by atoms with Crippen LogP contribution in [0, 0.1) is 0 Å². The van der Waals surface area contributed by atoms with Crippen molar-refractivity contribution in [1.29, 1.82) is 0 Å². The lowest BCUT2D eigenvalue weighted by Gasteiger charge is -2.10. The Morgan fingerprint density at radius 2 is 2.18 bits per heavy atom. The number of carbonyl (C=O) groups is 1. The molecular weight excluding hydrogens is 216 g/mol. The van der Waals surface area contributed by atoms with Crippen LogP contribution in [-0.2, 0) is 11.2 Å². The van der Waals surface area contributed by atoms with Crippen LogP contribution in [0.5, 0.6) is 11.5 Å². The van der Waals surface area contributed by atoms with E-state index in [0.29, 0.717) is 17.9 Å². The summed E-state index contributed by atoms with van der Waals surface area (Å²) in [6.45, 7) is 5.62. The molecule has 1 rings (SSSR count). The molecule has 0 aliphatic heterocycles.